The van der Waals surface area contributed by atoms with Gasteiger partial charge in [-0.1, -0.05) is 19.9 Å². The molecule has 0 fully saturated rings. The van der Waals surface area contributed by atoms with Crippen LogP contribution in [0.25, 0.3) is 0 Å². The average molecular weight is 396 g/mol. The van der Waals surface area contributed by atoms with Crippen LogP contribution in [-0.4, -0.2) is 41.5 Å². The maximum absolute atomic E-state index is 13.6. The van der Waals surface area contributed by atoms with Gasteiger partial charge in [0, 0.05) is 18.8 Å². The number of nitrogens with zero attached hydrogens (tertiary/aromatic N) is 3. The Kier molecular flexibility index (Phi) is 6.38. The number of amides is 1. The van der Waals surface area contributed by atoms with Crippen molar-refractivity contribution in [1.29, 1.82) is 0 Å². The van der Waals surface area contributed by atoms with Gasteiger partial charge in [-0.2, -0.15) is 9.40 Å². The fourth-order valence-electron chi connectivity index (χ4n) is 2.91. The third kappa shape index (κ3) is 4.36. The maximum Gasteiger partial charge on any atom is 0.246 e. The molecule has 0 unspecified atom stereocenters. The number of sulfonamides is 1. The average Bonchev–Trinajstić information content (AvgIpc) is 2.86. The molecule has 0 spiro atoms. The number of rotatable bonds is 7. The molecule has 0 aliphatic heterocycles. The largest absolute Gasteiger partial charge is 0.324 e. The molecule has 1 aromatic heterocycles. The van der Waals surface area contributed by atoms with Crippen molar-refractivity contribution in [3.63, 3.8) is 0 Å². The first-order valence-corrected chi connectivity index (χ1v) is 10.2. The molecule has 27 heavy (non-hydrogen) atoms. The second-order valence-corrected chi connectivity index (χ2v) is 8.13. The van der Waals surface area contributed by atoms with Crippen molar-refractivity contribution in [2.75, 3.05) is 18.4 Å². The third-order valence-corrected chi connectivity index (χ3v) is 6.67. The number of carbonyl (C=O) groups excluding carboxylic acids is 1. The molecule has 7 nitrogen and oxygen atoms in total. The van der Waals surface area contributed by atoms with Crippen molar-refractivity contribution < 1.29 is 17.6 Å². The normalized spacial score (nSPS) is 11.8. The Labute approximate surface area is 159 Å². The quantitative estimate of drug-likeness (QED) is 0.780. The van der Waals surface area contributed by atoms with Gasteiger partial charge in [0.15, 0.2) is 0 Å². The summed E-state index contributed by atoms with van der Waals surface area (Å²) in [5, 5.41) is 6.82. The highest BCUT2D eigenvalue weighted by Gasteiger charge is 2.29. The van der Waals surface area contributed by atoms with Crippen LogP contribution in [0.2, 0.25) is 0 Å². The van der Waals surface area contributed by atoms with Crippen LogP contribution < -0.4 is 5.32 Å². The van der Waals surface area contributed by atoms with Gasteiger partial charge < -0.3 is 5.32 Å². The zero-order valence-electron chi connectivity index (χ0n) is 16.2. The first kappa shape index (κ1) is 21.0. The van der Waals surface area contributed by atoms with Gasteiger partial charge in [0.05, 0.1) is 11.4 Å². The Morgan fingerprint density at radius 1 is 1.22 bits per heavy atom. The highest BCUT2D eigenvalue weighted by atomic mass is 32.2. The fraction of sp³-hybridized carbons (Fsp3) is 0.444. The Balaban J connectivity index is 2.25. The lowest BCUT2D eigenvalue weighted by molar-refractivity contribution is -0.116. The molecule has 1 heterocycles. The molecule has 0 radical (unpaired) electrons. The van der Waals surface area contributed by atoms with Gasteiger partial charge in [-0.15, -0.1) is 0 Å². The molecule has 2 rings (SSSR count). The molecular formula is C18H25FN4O3S. The highest BCUT2D eigenvalue weighted by Crippen LogP contribution is 2.23. The summed E-state index contributed by atoms with van der Waals surface area (Å²) in [6, 6.07) is 4.42. The minimum Gasteiger partial charge on any atom is -0.324 e. The molecule has 0 atom stereocenters. The minimum absolute atomic E-state index is 0.125. The van der Waals surface area contributed by atoms with Crippen molar-refractivity contribution in [1.82, 2.24) is 14.1 Å². The standard InChI is InChI=1S/C18H25FN4O3S/c1-6-22(7-2)27(25,26)18-13(4)21-23(14(18)5)11-17(24)20-15-9-8-12(3)16(19)10-15/h8-10H,6-7,11H2,1-5H3,(H,20,24). The summed E-state index contributed by atoms with van der Waals surface area (Å²) in [6.07, 6.45) is 0. The molecular weight excluding hydrogens is 371 g/mol. The minimum atomic E-state index is -3.68. The van der Waals surface area contributed by atoms with Crippen LogP contribution >= 0.6 is 0 Å². The van der Waals surface area contributed by atoms with E-state index >= 15 is 0 Å². The Morgan fingerprint density at radius 3 is 2.41 bits per heavy atom. The second kappa shape index (κ2) is 8.18. The molecule has 0 saturated carbocycles. The van der Waals surface area contributed by atoms with E-state index in [0.717, 1.165) is 0 Å². The smallest absolute Gasteiger partial charge is 0.246 e. The maximum atomic E-state index is 13.6. The molecule has 1 amide bonds. The van der Waals surface area contributed by atoms with Gasteiger partial charge in [-0.05, 0) is 38.5 Å². The molecule has 1 N–H and O–H groups in total. The fourth-order valence-corrected chi connectivity index (χ4v) is 4.74. The van der Waals surface area contributed by atoms with E-state index in [1.54, 1.807) is 46.8 Å². The molecule has 0 bridgehead atoms. The zero-order chi connectivity index (χ0) is 20.4. The van der Waals surface area contributed by atoms with Crippen LogP contribution in [0.1, 0.15) is 30.8 Å². The summed E-state index contributed by atoms with van der Waals surface area (Å²) in [5.41, 5.74) is 1.55. The molecule has 1 aromatic carbocycles. The van der Waals surface area contributed by atoms with Gasteiger partial charge in [-0.3, -0.25) is 9.48 Å². The highest BCUT2D eigenvalue weighted by molar-refractivity contribution is 7.89. The van der Waals surface area contributed by atoms with Gasteiger partial charge >= 0.3 is 0 Å². The van der Waals surface area contributed by atoms with Gasteiger partial charge in [0.2, 0.25) is 15.9 Å². The monoisotopic (exact) mass is 396 g/mol. The van der Waals surface area contributed by atoms with E-state index in [1.165, 1.54) is 15.1 Å². The summed E-state index contributed by atoms with van der Waals surface area (Å²) in [7, 11) is -3.68. The van der Waals surface area contributed by atoms with Gasteiger partial charge in [-0.25, -0.2) is 12.8 Å². The van der Waals surface area contributed by atoms with E-state index < -0.39 is 21.7 Å². The Bertz CT molecular complexity index is 950. The topological polar surface area (TPSA) is 84.3 Å². The third-order valence-electron chi connectivity index (χ3n) is 4.37. The number of halogens is 1. The van der Waals surface area contributed by atoms with E-state index in [0.29, 0.717) is 35.7 Å². The number of aryl methyl sites for hydroxylation is 2. The van der Waals surface area contributed by atoms with Gasteiger partial charge in [0.1, 0.15) is 17.3 Å². The van der Waals surface area contributed by atoms with E-state index in [4.69, 9.17) is 0 Å². The summed E-state index contributed by atoms with van der Waals surface area (Å²) >= 11 is 0. The van der Waals surface area contributed by atoms with Crippen molar-refractivity contribution in [3.8, 4) is 0 Å². The number of aromatic nitrogens is 2. The number of nitrogens with one attached hydrogen (secondary N) is 1. The summed E-state index contributed by atoms with van der Waals surface area (Å²) in [6.45, 7) is 8.92. The molecule has 0 aliphatic carbocycles. The van der Waals surface area contributed by atoms with Crippen molar-refractivity contribution in [2.24, 2.45) is 0 Å². The number of anilines is 1. The van der Waals surface area contributed by atoms with E-state index in [9.17, 15) is 17.6 Å². The molecule has 148 valence electrons. The number of carbonyl (C=O) groups is 1. The van der Waals surface area contributed by atoms with Crippen molar-refractivity contribution in [3.05, 3.63) is 41.0 Å². The molecule has 0 aliphatic rings. The number of benzene rings is 1. The van der Waals surface area contributed by atoms with Crippen molar-refractivity contribution in [2.45, 2.75) is 46.1 Å². The second-order valence-electron chi connectivity index (χ2n) is 6.26. The lowest BCUT2D eigenvalue weighted by Gasteiger charge is -2.18. The Hall–Kier alpha value is -2.26. The first-order valence-electron chi connectivity index (χ1n) is 8.71. The lowest BCUT2D eigenvalue weighted by atomic mass is 10.2. The lowest BCUT2D eigenvalue weighted by Crippen LogP contribution is -2.31. The van der Waals surface area contributed by atoms with Crippen LogP contribution in [0.15, 0.2) is 23.1 Å². The van der Waals surface area contributed by atoms with Crippen molar-refractivity contribution >= 4 is 21.6 Å². The van der Waals surface area contributed by atoms with Crippen LogP contribution in [0.3, 0.4) is 0 Å². The molecule has 2 aromatic rings. The van der Waals surface area contributed by atoms with Crippen LogP contribution in [-0.2, 0) is 21.4 Å². The molecule has 0 saturated heterocycles. The zero-order valence-corrected chi connectivity index (χ0v) is 17.0. The van der Waals surface area contributed by atoms with Crippen LogP contribution in [0, 0.1) is 26.6 Å². The predicted octanol–water partition coefficient (Wildman–Crippen LogP) is 2.62. The summed E-state index contributed by atoms with van der Waals surface area (Å²) in [4.78, 5) is 12.4. The predicted molar refractivity (Wildman–Crippen MR) is 102 cm³/mol. The van der Waals surface area contributed by atoms with E-state index in [1.807, 2.05) is 0 Å². The number of hydrogen-bond acceptors (Lipinski definition) is 4. The first-order chi connectivity index (χ1) is 12.6. The Morgan fingerprint density at radius 2 is 1.85 bits per heavy atom. The summed E-state index contributed by atoms with van der Waals surface area (Å²) < 4.78 is 42.0. The SMILES string of the molecule is CCN(CC)S(=O)(=O)c1c(C)nn(CC(=O)Nc2ccc(C)c(F)c2)c1C. The summed E-state index contributed by atoms with van der Waals surface area (Å²) in [5.74, 6) is -0.831. The van der Waals surface area contributed by atoms with E-state index in [2.05, 4.69) is 10.4 Å². The molecule has 9 heteroatoms. The number of hydrogen-bond donors (Lipinski definition) is 1. The van der Waals surface area contributed by atoms with Crippen LogP contribution in [0.4, 0.5) is 10.1 Å². The van der Waals surface area contributed by atoms with Gasteiger partial charge in [0.25, 0.3) is 0 Å². The van der Waals surface area contributed by atoms with E-state index in [-0.39, 0.29) is 11.4 Å². The van der Waals surface area contributed by atoms with Crippen LogP contribution in [0.5, 0.6) is 0 Å².